The summed E-state index contributed by atoms with van der Waals surface area (Å²) in [5.74, 6) is -0.725. The van der Waals surface area contributed by atoms with Gasteiger partial charge < -0.3 is 15.1 Å². The summed E-state index contributed by atoms with van der Waals surface area (Å²) in [7, 11) is -1.92. The Labute approximate surface area is 187 Å². The van der Waals surface area contributed by atoms with E-state index in [0.717, 1.165) is 13.0 Å². The summed E-state index contributed by atoms with van der Waals surface area (Å²) in [6.45, 7) is 12.3. The van der Waals surface area contributed by atoms with E-state index >= 15 is 0 Å². The van der Waals surface area contributed by atoms with Crippen molar-refractivity contribution in [3.8, 4) is 11.1 Å². The Hall–Kier alpha value is -3.03. The number of sulfonamides is 1. The molecule has 1 aliphatic heterocycles. The van der Waals surface area contributed by atoms with Crippen LogP contribution in [-0.2, 0) is 10.0 Å². The van der Waals surface area contributed by atoms with Crippen molar-refractivity contribution in [2.45, 2.75) is 26.2 Å². The van der Waals surface area contributed by atoms with Gasteiger partial charge in [0.1, 0.15) is 12.0 Å². The van der Waals surface area contributed by atoms with Crippen LogP contribution < -0.4 is 10.0 Å². The van der Waals surface area contributed by atoms with Crippen LogP contribution in [0.4, 0.5) is 20.7 Å². The zero-order valence-corrected chi connectivity index (χ0v) is 19.0. The summed E-state index contributed by atoms with van der Waals surface area (Å²) >= 11 is 0. The van der Waals surface area contributed by atoms with E-state index in [1.807, 2.05) is 25.8 Å². The van der Waals surface area contributed by atoms with E-state index in [9.17, 15) is 17.6 Å². The van der Waals surface area contributed by atoms with Crippen LogP contribution in [0.25, 0.3) is 16.0 Å². The molecule has 1 aliphatic rings. The van der Waals surface area contributed by atoms with Gasteiger partial charge in [-0.2, -0.15) is 0 Å². The summed E-state index contributed by atoms with van der Waals surface area (Å²) in [6, 6.07) is 4.73. The minimum absolute atomic E-state index is 0.0400. The first kappa shape index (κ1) is 23.6. The molecule has 0 aliphatic carbocycles. The van der Waals surface area contributed by atoms with Crippen LogP contribution in [0.5, 0.6) is 0 Å². The minimum atomic E-state index is -3.85. The number of rotatable bonds is 6. The Morgan fingerprint density at radius 1 is 1.38 bits per heavy atom. The number of amides is 2. The predicted molar refractivity (Wildman–Crippen MR) is 122 cm³/mol. The topological polar surface area (TPSA) is 95.8 Å². The highest BCUT2D eigenvalue weighted by Crippen LogP contribution is 2.36. The third-order valence-corrected chi connectivity index (χ3v) is 6.76. The number of halogens is 1. The maximum absolute atomic E-state index is 14.4. The zero-order chi connectivity index (χ0) is 23.5. The third-order valence-electron chi connectivity index (χ3n) is 5.36. The first-order chi connectivity index (χ1) is 15.1. The van der Waals surface area contributed by atoms with Gasteiger partial charge in [-0.25, -0.2) is 22.3 Å². The molecular formula is C22H26FN5O3S. The molecule has 0 spiro atoms. The lowest BCUT2D eigenvalue weighted by molar-refractivity contribution is 0.256. The van der Waals surface area contributed by atoms with Crippen molar-refractivity contribution in [3.05, 3.63) is 53.3 Å². The Kier molecular flexibility index (Phi) is 7.11. The number of nitrogens with zero attached hydrogens (tertiary/aromatic N) is 3. The average molecular weight is 460 g/mol. The second-order valence-electron chi connectivity index (χ2n) is 8.34. The summed E-state index contributed by atoms with van der Waals surface area (Å²) < 4.78 is 41.5. The van der Waals surface area contributed by atoms with Gasteiger partial charge in [-0.15, -0.1) is 4.98 Å². The molecule has 2 amide bonds. The SMILES string of the molecule is [C-]#[N+]c1cc(-c2cc(F)cc(C(C)C)c2NC(=O)NS(=O)(=O)CC2CCN(C)C2)ccn1. The Balaban J connectivity index is 1.90. The van der Waals surface area contributed by atoms with E-state index in [4.69, 9.17) is 6.57 Å². The highest BCUT2D eigenvalue weighted by Gasteiger charge is 2.27. The largest absolute Gasteiger partial charge is 0.361 e. The molecule has 1 atom stereocenters. The van der Waals surface area contributed by atoms with Crippen molar-refractivity contribution in [1.82, 2.24) is 14.6 Å². The van der Waals surface area contributed by atoms with E-state index in [1.165, 1.54) is 24.4 Å². The molecule has 10 heteroatoms. The predicted octanol–water partition coefficient (Wildman–Crippen LogP) is 3.96. The number of aromatic nitrogens is 1. The van der Waals surface area contributed by atoms with Crippen LogP contribution >= 0.6 is 0 Å². The monoisotopic (exact) mass is 459 g/mol. The highest BCUT2D eigenvalue weighted by molar-refractivity contribution is 7.90. The number of nitrogens with one attached hydrogen (secondary N) is 2. The van der Waals surface area contributed by atoms with Gasteiger partial charge in [-0.3, -0.25) is 0 Å². The molecule has 2 aromatic rings. The molecule has 2 heterocycles. The normalized spacial score (nSPS) is 16.7. The number of anilines is 1. The van der Waals surface area contributed by atoms with Crippen molar-refractivity contribution in [3.63, 3.8) is 0 Å². The fourth-order valence-corrected chi connectivity index (χ4v) is 5.20. The first-order valence-corrected chi connectivity index (χ1v) is 11.9. The smallest absolute Gasteiger partial charge is 0.332 e. The van der Waals surface area contributed by atoms with Crippen molar-refractivity contribution in [2.75, 3.05) is 31.2 Å². The minimum Gasteiger partial charge on any atom is -0.361 e. The van der Waals surface area contributed by atoms with Crippen LogP contribution in [0.3, 0.4) is 0 Å². The molecule has 0 saturated carbocycles. The van der Waals surface area contributed by atoms with E-state index < -0.39 is 21.9 Å². The quantitative estimate of drug-likeness (QED) is 0.638. The van der Waals surface area contributed by atoms with Gasteiger partial charge in [0.2, 0.25) is 10.0 Å². The lowest BCUT2D eigenvalue weighted by Crippen LogP contribution is -2.38. The molecule has 8 nitrogen and oxygen atoms in total. The number of carbonyl (C=O) groups is 1. The van der Waals surface area contributed by atoms with Crippen molar-refractivity contribution >= 4 is 27.6 Å². The second-order valence-corrected chi connectivity index (χ2v) is 10.1. The molecular weight excluding hydrogens is 433 g/mol. The molecule has 0 radical (unpaired) electrons. The van der Waals surface area contributed by atoms with Crippen LogP contribution in [0, 0.1) is 18.3 Å². The van der Waals surface area contributed by atoms with E-state index in [1.54, 1.807) is 6.07 Å². The van der Waals surface area contributed by atoms with Gasteiger partial charge in [0, 0.05) is 12.1 Å². The summed E-state index contributed by atoms with van der Waals surface area (Å²) in [4.78, 5) is 21.9. The molecule has 1 aromatic heterocycles. The molecule has 1 unspecified atom stereocenters. The van der Waals surface area contributed by atoms with Crippen LogP contribution in [-0.4, -0.2) is 50.2 Å². The number of pyridine rings is 1. The lowest BCUT2D eigenvalue weighted by atomic mass is 9.94. The van der Waals surface area contributed by atoms with Crippen LogP contribution in [0.15, 0.2) is 30.5 Å². The lowest BCUT2D eigenvalue weighted by Gasteiger charge is -2.19. The molecule has 2 N–H and O–H groups in total. The number of likely N-dealkylation sites (tertiary alicyclic amines) is 1. The molecule has 3 rings (SSSR count). The fraction of sp³-hybridized carbons (Fsp3) is 0.409. The molecule has 32 heavy (non-hydrogen) atoms. The number of carbonyl (C=O) groups excluding carboxylic acids is 1. The molecule has 170 valence electrons. The van der Waals surface area contributed by atoms with Crippen molar-refractivity contribution < 1.29 is 17.6 Å². The molecule has 1 aromatic carbocycles. The summed E-state index contributed by atoms with van der Waals surface area (Å²) in [6.07, 6.45) is 2.18. The van der Waals surface area contributed by atoms with E-state index in [-0.39, 0.29) is 29.1 Å². The summed E-state index contributed by atoms with van der Waals surface area (Å²) in [5, 5.41) is 2.61. The average Bonchev–Trinajstić information content (AvgIpc) is 3.12. The Morgan fingerprint density at radius 2 is 2.12 bits per heavy atom. The van der Waals surface area contributed by atoms with Gasteiger partial charge in [0.15, 0.2) is 0 Å². The number of hydrogen-bond acceptors (Lipinski definition) is 5. The number of urea groups is 1. The third kappa shape index (κ3) is 5.81. The van der Waals surface area contributed by atoms with Crippen molar-refractivity contribution in [1.29, 1.82) is 0 Å². The molecule has 1 saturated heterocycles. The zero-order valence-electron chi connectivity index (χ0n) is 18.2. The van der Waals surface area contributed by atoms with E-state index in [2.05, 4.69) is 19.9 Å². The fourth-order valence-electron chi connectivity index (χ4n) is 3.89. The van der Waals surface area contributed by atoms with Crippen molar-refractivity contribution in [2.24, 2.45) is 5.92 Å². The van der Waals surface area contributed by atoms with Gasteiger partial charge in [-0.05, 0) is 67.2 Å². The van der Waals surface area contributed by atoms with Gasteiger partial charge in [0.05, 0.1) is 11.4 Å². The van der Waals surface area contributed by atoms with Gasteiger partial charge in [-0.1, -0.05) is 20.4 Å². The van der Waals surface area contributed by atoms with Crippen LogP contribution in [0.2, 0.25) is 0 Å². The summed E-state index contributed by atoms with van der Waals surface area (Å²) in [5.41, 5.74) is 1.62. The highest BCUT2D eigenvalue weighted by atomic mass is 32.2. The van der Waals surface area contributed by atoms with Gasteiger partial charge in [0.25, 0.3) is 5.82 Å². The number of hydrogen-bond donors (Lipinski definition) is 2. The van der Waals surface area contributed by atoms with E-state index in [0.29, 0.717) is 23.2 Å². The standard InChI is InChI=1S/C22H26FN5O3S/c1-14(2)18-10-17(23)11-19(16-5-7-25-20(9-16)24-3)21(18)26-22(29)27-32(30,31)13-15-6-8-28(4)12-15/h5,7,9-11,14-15H,6,8,12-13H2,1-2,4H3,(H2,26,27,29). The number of benzene rings is 1. The Bertz CT molecular complexity index is 1160. The molecule has 1 fully saturated rings. The molecule has 0 bridgehead atoms. The maximum atomic E-state index is 14.4. The maximum Gasteiger partial charge on any atom is 0.332 e. The Morgan fingerprint density at radius 3 is 2.75 bits per heavy atom. The van der Waals surface area contributed by atoms with Gasteiger partial charge >= 0.3 is 6.03 Å². The van der Waals surface area contributed by atoms with Crippen LogP contribution in [0.1, 0.15) is 31.7 Å². The first-order valence-electron chi connectivity index (χ1n) is 10.3. The second kappa shape index (κ2) is 9.63.